The molecule has 0 heterocycles. The number of unbranched alkanes of at least 4 members (excludes halogenated alkanes) is 18. The molecule has 0 aliphatic rings. The van der Waals surface area contributed by atoms with Crippen molar-refractivity contribution in [3.63, 3.8) is 0 Å². The maximum absolute atomic E-state index is 6.13. The van der Waals surface area contributed by atoms with Crippen LogP contribution in [0.4, 0.5) is 0 Å². The Morgan fingerprint density at radius 1 is 0.574 bits per heavy atom. The zero-order chi connectivity index (χ0) is 34.3. The normalized spacial score (nSPS) is 12.9. The van der Waals surface area contributed by atoms with Gasteiger partial charge in [-0.25, -0.2) is 0 Å². The van der Waals surface area contributed by atoms with Crippen molar-refractivity contribution in [2.24, 2.45) is 5.16 Å². The SMILES string of the molecule is CCCCC=C=CC/C=C\CCCCCCCCCC(CCCCCCCC/C=C\C/C=C\CCCCC)ON=C(C)CCN(C)C. The van der Waals surface area contributed by atoms with E-state index in [1.165, 1.54) is 135 Å². The summed E-state index contributed by atoms with van der Waals surface area (Å²) < 4.78 is 0. The number of hydrogen-bond donors (Lipinski definition) is 0. The fraction of sp³-hybridized carbons (Fsp3) is 0.773. The zero-order valence-corrected chi connectivity index (χ0v) is 32.3. The first-order valence-electron chi connectivity index (χ1n) is 20.3. The highest BCUT2D eigenvalue weighted by molar-refractivity contribution is 5.81. The van der Waals surface area contributed by atoms with Gasteiger partial charge >= 0.3 is 0 Å². The highest BCUT2D eigenvalue weighted by Crippen LogP contribution is 2.18. The highest BCUT2D eigenvalue weighted by Gasteiger charge is 2.10. The molecule has 1 unspecified atom stereocenters. The zero-order valence-electron chi connectivity index (χ0n) is 32.3. The second-order valence-corrected chi connectivity index (χ2v) is 14.0. The maximum Gasteiger partial charge on any atom is 0.127 e. The molecule has 0 bridgehead atoms. The Morgan fingerprint density at radius 3 is 1.60 bits per heavy atom. The Hall–Kier alpha value is -1.83. The van der Waals surface area contributed by atoms with E-state index < -0.39 is 0 Å². The van der Waals surface area contributed by atoms with Gasteiger partial charge in [-0.05, 0) is 123 Å². The third-order valence-corrected chi connectivity index (χ3v) is 8.76. The summed E-state index contributed by atoms with van der Waals surface area (Å²) in [6, 6.07) is 0. The lowest BCUT2D eigenvalue weighted by atomic mass is 10.0. The third kappa shape index (κ3) is 38.5. The third-order valence-electron chi connectivity index (χ3n) is 8.76. The topological polar surface area (TPSA) is 24.8 Å². The van der Waals surface area contributed by atoms with Gasteiger partial charge in [0, 0.05) is 13.0 Å². The van der Waals surface area contributed by atoms with Crippen LogP contribution in [0.25, 0.3) is 0 Å². The summed E-state index contributed by atoms with van der Waals surface area (Å²) in [6.45, 7) is 7.64. The molecule has 0 aliphatic heterocycles. The average molecular weight is 653 g/mol. The van der Waals surface area contributed by atoms with Crippen molar-refractivity contribution in [1.82, 2.24) is 4.90 Å². The quantitative estimate of drug-likeness (QED) is 0.0224. The molecule has 0 aromatic rings. The molecule has 0 aromatic heterocycles. The van der Waals surface area contributed by atoms with Gasteiger partial charge in [0.2, 0.25) is 0 Å². The van der Waals surface area contributed by atoms with Crippen LogP contribution >= 0.6 is 0 Å². The van der Waals surface area contributed by atoms with Crippen LogP contribution in [0.5, 0.6) is 0 Å². The lowest BCUT2D eigenvalue weighted by Gasteiger charge is -2.16. The Morgan fingerprint density at radius 2 is 1.06 bits per heavy atom. The molecular formula is C44H80N2O. The fourth-order valence-corrected chi connectivity index (χ4v) is 5.55. The largest absolute Gasteiger partial charge is 0.393 e. The summed E-state index contributed by atoms with van der Waals surface area (Å²) in [5.74, 6) is 0. The molecule has 0 rings (SSSR count). The molecule has 47 heavy (non-hydrogen) atoms. The first-order valence-corrected chi connectivity index (χ1v) is 20.3. The van der Waals surface area contributed by atoms with Gasteiger partial charge in [0.15, 0.2) is 0 Å². The minimum atomic E-state index is 0.281. The lowest BCUT2D eigenvalue weighted by molar-refractivity contribution is 0.0424. The van der Waals surface area contributed by atoms with Crippen LogP contribution in [0.3, 0.4) is 0 Å². The molecule has 0 N–H and O–H groups in total. The van der Waals surface area contributed by atoms with E-state index in [1.54, 1.807) is 0 Å². The molecule has 0 aromatic carbocycles. The van der Waals surface area contributed by atoms with Gasteiger partial charge in [-0.1, -0.05) is 133 Å². The van der Waals surface area contributed by atoms with Crippen LogP contribution in [0, 0.1) is 0 Å². The molecule has 0 amide bonds. The van der Waals surface area contributed by atoms with Crippen molar-refractivity contribution in [2.45, 2.75) is 200 Å². The summed E-state index contributed by atoms with van der Waals surface area (Å²) in [5.41, 5.74) is 4.41. The van der Waals surface area contributed by atoms with Crippen molar-refractivity contribution < 1.29 is 4.84 Å². The molecule has 272 valence electrons. The van der Waals surface area contributed by atoms with E-state index in [0.717, 1.165) is 50.8 Å². The van der Waals surface area contributed by atoms with E-state index in [2.05, 4.69) is 99.3 Å². The number of hydrogen-bond acceptors (Lipinski definition) is 3. The summed E-state index contributed by atoms with van der Waals surface area (Å²) in [5, 5.41) is 4.55. The standard InChI is InChI=1S/C44H80N2O/c1-6-8-10-12-14-16-18-20-22-24-26-28-30-32-34-36-38-40-44(47-45-43(3)41-42-46(4)5)39-37-35-33-31-29-27-25-23-21-19-17-15-13-11-9-7-2/h12,15-17,20-23,44H,6-11,13,18-19,24-42H2,1-5H3/b17-15-,22-20-,23-21-,45-43?. The number of rotatable bonds is 35. The number of nitrogens with zero attached hydrogens (tertiary/aromatic N) is 2. The average Bonchev–Trinajstić information content (AvgIpc) is 3.06. The van der Waals surface area contributed by atoms with Crippen molar-refractivity contribution in [1.29, 1.82) is 0 Å². The van der Waals surface area contributed by atoms with E-state index in [0.29, 0.717) is 0 Å². The Labute approximate surface area is 295 Å². The highest BCUT2D eigenvalue weighted by atomic mass is 16.6. The van der Waals surface area contributed by atoms with Gasteiger partial charge in [0.1, 0.15) is 6.10 Å². The maximum atomic E-state index is 6.13. The summed E-state index contributed by atoms with van der Waals surface area (Å²) >= 11 is 0. The summed E-state index contributed by atoms with van der Waals surface area (Å²) in [7, 11) is 4.24. The van der Waals surface area contributed by atoms with Crippen molar-refractivity contribution in [3.05, 3.63) is 54.3 Å². The van der Waals surface area contributed by atoms with Gasteiger partial charge in [-0.2, -0.15) is 0 Å². The van der Waals surface area contributed by atoms with Crippen molar-refractivity contribution >= 4 is 5.71 Å². The number of allylic oxidation sites excluding steroid dienone is 7. The van der Waals surface area contributed by atoms with E-state index in [4.69, 9.17) is 4.84 Å². The van der Waals surface area contributed by atoms with Gasteiger partial charge in [-0.3, -0.25) is 0 Å². The smallest absolute Gasteiger partial charge is 0.127 e. The van der Waals surface area contributed by atoms with Gasteiger partial charge in [0.25, 0.3) is 0 Å². The molecule has 0 radical (unpaired) electrons. The summed E-state index contributed by atoms with van der Waals surface area (Å²) in [4.78, 5) is 8.34. The van der Waals surface area contributed by atoms with Gasteiger partial charge in [-0.15, -0.1) is 5.73 Å². The van der Waals surface area contributed by atoms with Crippen LogP contribution in [0.15, 0.2) is 59.5 Å². The second-order valence-electron chi connectivity index (χ2n) is 14.0. The van der Waals surface area contributed by atoms with Crippen LogP contribution in [0.1, 0.15) is 194 Å². The van der Waals surface area contributed by atoms with E-state index >= 15 is 0 Å². The van der Waals surface area contributed by atoms with E-state index in [9.17, 15) is 0 Å². The molecule has 3 heteroatoms. The van der Waals surface area contributed by atoms with Gasteiger partial charge in [0.05, 0.1) is 5.71 Å². The lowest BCUT2D eigenvalue weighted by Crippen LogP contribution is -2.16. The van der Waals surface area contributed by atoms with Crippen LogP contribution in [0.2, 0.25) is 0 Å². The molecule has 0 saturated heterocycles. The van der Waals surface area contributed by atoms with Crippen LogP contribution in [-0.4, -0.2) is 37.4 Å². The first kappa shape index (κ1) is 45.2. The minimum absolute atomic E-state index is 0.281. The molecular weight excluding hydrogens is 572 g/mol. The van der Waals surface area contributed by atoms with Gasteiger partial charge < -0.3 is 9.74 Å². The Balaban J connectivity index is 4.05. The van der Waals surface area contributed by atoms with Crippen molar-refractivity contribution in [3.8, 4) is 0 Å². The second kappa shape index (κ2) is 38.6. The van der Waals surface area contributed by atoms with Crippen LogP contribution < -0.4 is 0 Å². The van der Waals surface area contributed by atoms with E-state index in [1.807, 2.05) is 0 Å². The van der Waals surface area contributed by atoms with E-state index in [-0.39, 0.29) is 6.10 Å². The molecule has 1 atom stereocenters. The van der Waals surface area contributed by atoms with Crippen LogP contribution in [-0.2, 0) is 4.84 Å². The number of oxime groups is 1. The van der Waals surface area contributed by atoms with Crippen molar-refractivity contribution in [2.75, 3.05) is 20.6 Å². The predicted octanol–water partition coefficient (Wildman–Crippen LogP) is 14.3. The fourth-order valence-electron chi connectivity index (χ4n) is 5.55. The Bertz CT molecular complexity index is 815. The first-order chi connectivity index (χ1) is 23.1. The molecule has 0 spiro atoms. The Kier molecular flexibility index (Phi) is 37.1. The summed E-state index contributed by atoms with van der Waals surface area (Å²) in [6.07, 6.45) is 52.8. The minimum Gasteiger partial charge on any atom is -0.393 e. The molecule has 3 nitrogen and oxygen atoms in total. The molecule has 0 aliphatic carbocycles. The molecule has 0 saturated carbocycles. The predicted molar refractivity (Wildman–Crippen MR) is 213 cm³/mol. The molecule has 0 fully saturated rings. The monoisotopic (exact) mass is 653 g/mol.